The molecular formula is C13H13N3O3. The molecule has 1 fully saturated rings. The molecule has 2 aromatic rings. The van der Waals surface area contributed by atoms with Gasteiger partial charge in [0, 0.05) is 30.5 Å². The fourth-order valence-corrected chi connectivity index (χ4v) is 2.43. The molecular weight excluding hydrogens is 246 g/mol. The molecule has 6 nitrogen and oxygen atoms in total. The van der Waals surface area contributed by atoms with Gasteiger partial charge in [-0.05, 0) is 12.8 Å². The Morgan fingerprint density at radius 1 is 1.37 bits per heavy atom. The Labute approximate surface area is 109 Å². The number of carbonyl (C=O) groups is 1. The average Bonchev–Trinajstić information content (AvgIpc) is 3.00. The number of carbonyl (C=O) groups excluding carboxylic acids is 1. The molecule has 6 heteroatoms. The van der Waals surface area contributed by atoms with Crippen LogP contribution in [0.2, 0.25) is 0 Å². The summed E-state index contributed by atoms with van der Waals surface area (Å²) in [6, 6.07) is 1.78. The SMILES string of the molecule is O=C(c1cc(C2CC2)on1)N1CCc2oncc2C1. The summed E-state index contributed by atoms with van der Waals surface area (Å²) in [5.74, 6) is 2.11. The van der Waals surface area contributed by atoms with Gasteiger partial charge in [-0.25, -0.2) is 0 Å². The first kappa shape index (κ1) is 10.8. The largest absolute Gasteiger partial charge is 0.361 e. The molecule has 1 amide bonds. The molecule has 3 heterocycles. The normalized spacial score (nSPS) is 18.4. The molecule has 2 aromatic heterocycles. The first-order valence-electron chi connectivity index (χ1n) is 6.49. The quantitative estimate of drug-likeness (QED) is 0.821. The number of fused-ring (bicyclic) bond motifs is 1. The van der Waals surface area contributed by atoms with E-state index in [0.717, 1.165) is 29.9 Å². The van der Waals surface area contributed by atoms with Crippen LogP contribution in [0, 0.1) is 0 Å². The summed E-state index contributed by atoms with van der Waals surface area (Å²) >= 11 is 0. The fourth-order valence-electron chi connectivity index (χ4n) is 2.43. The second kappa shape index (κ2) is 3.94. The molecule has 19 heavy (non-hydrogen) atoms. The van der Waals surface area contributed by atoms with Crippen molar-refractivity contribution in [1.29, 1.82) is 0 Å². The van der Waals surface area contributed by atoms with Crippen molar-refractivity contribution < 1.29 is 13.8 Å². The van der Waals surface area contributed by atoms with E-state index in [1.807, 2.05) is 0 Å². The van der Waals surface area contributed by atoms with Gasteiger partial charge in [0.1, 0.15) is 11.5 Å². The first-order valence-corrected chi connectivity index (χ1v) is 6.49. The molecule has 0 radical (unpaired) electrons. The zero-order valence-corrected chi connectivity index (χ0v) is 10.3. The van der Waals surface area contributed by atoms with Gasteiger partial charge in [-0.3, -0.25) is 4.79 Å². The molecule has 0 N–H and O–H groups in total. The van der Waals surface area contributed by atoms with Gasteiger partial charge in [-0.1, -0.05) is 10.3 Å². The maximum Gasteiger partial charge on any atom is 0.276 e. The van der Waals surface area contributed by atoms with Crippen LogP contribution in [0.25, 0.3) is 0 Å². The van der Waals surface area contributed by atoms with Crippen LogP contribution in [0.5, 0.6) is 0 Å². The van der Waals surface area contributed by atoms with E-state index in [4.69, 9.17) is 9.05 Å². The number of nitrogens with zero attached hydrogens (tertiary/aromatic N) is 3. The second-order valence-corrected chi connectivity index (χ2v) is 5.14. The van der Waals surface area contributed by atoms with Crippen molar-refractivity contribution in [3.8, 4) is 0 Å². The van der Waals surface area contributed by atoms with Gasteiger partial charge in [0.2, 0.25) is 0 Å². The molecule has 98 valence electrons. The monoisotopic (exact) mass is 259 g/mol. The molecule has 0 unspecified atom stereocenters. The molecule has 1 aliphatic heterocycles. The van der Waals surface area contributed by atoms with Gasteiger partial charge in [-0.15, -0.1) is 0 Å². The van der Waals surface area contributed by atoms with Gasteiger partial charge in [0.05, 0.1) is 12.7 Å². The molecule has 0 aromatic carbocycles. The molecule has 2 aliphatic rings. The summed E-state index contributed by atoms with van der Waals surface area (Å²) < 4.78 is 10.3. The average molecular weight is 259 g/mol. The Kier molecular flexibility index (Phi) is 2.24. The Morgan fingerprint density at radius 2 is 2.26 bits per heavy atom. The zero-order valence-electron chi connectivity index (χ0n) is 10.3. The summed E-state index contributed by atoms with van der Waals surface area (Å²) in [6.45, 7) is 1.16. The lowest BCUT2D eigenvalue weighted by Crippen LogP contribution is -2.35. The van der Waals surface area contributed by atoms with Crippen LogP contribution in [-0.4, -0.2) is 27.7 Å². The summed E-state index contributed by atoms with van der Waals surface area (Å²) in [7, 11) is 0. The van der Waals surface area contributed by atoms with Crippen LogP contribution < -0.4 is 0 Å². The van der Waals surface area contributed by atoms with Crippen molar-refractivity contribution in [2.45, 2.75) is 31.7 Å². The lowest BCUT2D eigenvalue weighted by molar-refractivity contribution is 0.0718. The highest BCUT2D eigenvalue weighted by Gasteiger charge is 2.31. The van der Waals surface area contributed by atoms with Crippen LogP contribution in [-0.2, 0) is 13.0 Å². The van der Waals surface area contributed by atoms with Gasteiger partial charge >= 0.3 is 0 Å². The molecule has 0 saturated heterocycles. The molecule has 0 atom stereocenters. The van der Waals surface area contributed by atoms with Gasteiger partial charge in [0.25, 0.3) is 5.91 Å². The van der Waals surface area contributed by atoms with E-state index in [-0.39, 0.29) is 5.91 Å². The Hall–Kier alpha value is -2.11. The van der Waals surface area contributed by atoms with Crippen molar-refractivity contribution in [1.82, 2.24) is 15.2 Å². The minimum atomic E-state index is -0.0810. The molecule has 1 aliphatic carbocycles. The van der Waals surface area contributed by atoms with Crippen molar-refractivity contribution in [2.75, 3.05) is 6.54 Å². The fraction of sp³-hybridized carbons (Fsp3) is 0.462. The predicted molar refractivity (Wildman–Crippen MR) is 63.4 cm³/mol. The van der Waals surface area contributed by atoms with E-state index in [2.05, 4.69) is 10.3 Å². The minimum Gasteiger partial charge on any atom is -0.361 e. The van der Waals surface area contributed by atoms with E-state index in [0.29, 0.717) is 31.1 Å². The van der Waals surface area contributed by atoms with Crippen LogP contribution >= 0.6 is 0 Å². The van der Waals surface area contributed by atoms with Crippen molar-refractivity contribution >= 4 is 5.91 Å². The van der Waals surface area contributed by atoms with E-state index < -0.39 is 0 Å². The summed E-state index contributed by atoms with van der Waals surface area (Å²) in [6.07, 6.45) is 4.65. The summed E-state index contributed by atoms with van der Waals surface area (Å²) in [5.41, 5.74) is 1.38. The van der Waals surface area contributed by atoms with E-state index >= 15 is 0 Å². The maximum atomic E-state index is 12.3. The molecule has 1 saturated carbocycles. The van der Waals surface area contributed by atoms with Crippen molar-refractivity contribution in [2.24, 2.45) is 0 Å². The van der Waals surface area contributed by atoms with E-state index in [1.54, 1.807) is 17.2 Å². The third-order valence-corrected chi connectivity index (χ3v) is 3.71. The van der Waals surface area contributed by atoms with Gasteiger partial charge in [0.15, 0.2) is 5.69 Å². The number of hydrogen-bond donors (Lipinski definition) is 0. The third-order valence-electron chi connectivity index (χ3n) is 3.71. The third kappa shape index (κ3) is 1.83. The lowest BCUT2D eigenvalue weighted by atomic mass is 10.1. The second-order valence-electron chi connectivity index (χ2n) is 5.14. The molecule has 0 spiro atoms. The predicted octanol–water partition coefficient (Wildman–Crippen LogP) is 1.74. The highest BCUT2D eigenvalue weighted by Crippen LogP contribution is 2.40. The highest BCUT2D eigenvalue weighted by atomic mass is 16.5. The number of aromatic nitrogens is 2. The van der Waals surface area contributed by atoms with Crippen molar-refractivity contribution in [3.05, 3.63) is 35.0 Å². The van der Waals surface area contributed by atoms with Crippen LogP contribution in [0.4, 0.5) is 0 Å². The smallest absolute Gasteiger partial charge is 0.276 e. The topological polar surface area (TPSA) is 72.4 Å². The zero-order chi connectivity index (χ0) is 12.8. The van der Waals surface area contributed by atoms with Crippen LogP contribution in [0.3, 0.4) is 0 Å². The summed E-state index contributed by atoms with van der Waals surface area (Å²) in [4.78, 5) is 14.1. The standard InChI is InChI=1S/C13H13N3O3/c17-13(10-5-12(19-15-10)8-1-2-8)16-4-3-11-9(7-16)6-14-18-11/h5-6,8H,1-4,7H2. The number of hydrogen-bond acceptors (Lipinski definition) is 5. The van der Waals surface area contributed by atoms with Gasteiger partial charge in [-0.2, -0.15) is 0 Å². The Balaban J connectivity index is 1.54. The van der Waals surface area contributed by atoms with Gasteiger partial charge < -0.3 is 13.9 Å². The van der Waals surface area contributed by atoms with Crippen LogP contribution in [0.15, 0.2) is 21.3 Å². The van der Waals surface area contributed by atoms with E-state index in [1.165, 1.54) is 0 Å². The van der Waals surface area contributed by atoms with E-state index in [9.17, 15) is 4.79 Å². The molecule has 4 rings (SSSR count). The van der Waals surface area contributed by atoms with Crippen LogP contribution in [0.1, 0.15) is 46.3 Å². The minimum absolute atomic E-state index is 0.0810. The first-order chi connectivity index (χ1) is 9.31. The lowest BCUT2D eigenvalue weighted by Gasteiger charge is -2.24. The maximum absolute atomic E-state index is 12.3. The molecule has 0 bridgehead atoms. The number of rotatable bonds is 2. The highest BCUT2D eigenvalue weighted by molar-refractivity contribution is 5.92. The Bertz CT molecular complexity index is 627. The Morgan fingerprint density at radius 3 is 3.11 bits per heavy atom. The van der Waals surface area contributed by atoms with Crippen molar-refractivity contribution in [3.63, 3.8) is 0 Å². The number of amides is 1. The summed E-state index contributed by atoms with van der Waals surface area (Å²) in [5, 5.41) is 7.65.